The smallest absolute Gasteiger partial charge is 0.235 e. The van der Waals surface area contributed by atoms with Gasteiger partial charge in [0.05, 0.1) is 6.26 Å². The van der Waals surface area contributed by atoms with E-state index in [4.69, 9.17) is 16.0 Å². The number of hydrogen-bond acceptors (Lipinski definition) is 5. The molecule has 0 aliphatic rings. The fraction of sp³-hybridized carbons (Fsp3) is 0. The minimum Gasteiger partial charge on any atom is -0.465 e. The highest BCUT2D eigenvalue weighted by Gasteiger charge is 2.12. The van der Waals surface area contributed by atoms with Gasteiger partial charge in [0.2, 0.25) is 4.96 Å². The van der Waals surface area contributed by atoms with Gasteiger partial charge in [-0.15, -0.1) is 10.2 Å². The van der Waals surface area contributed by atoms with Crippen molar-refractivity contribution >= 4 is 40.1 Å². The quantitative estimate of drug-likeness (QED) is 0.563. The Hall–Kier alpha value is -2.44. The number of rotatable bonds is 3. The first-order valence-electron chi connectivity index (χ1n) is 6.49. The summed E-state index contributed by atoms with van der Waals surface area (Å²) >= 11 is 7.48. The van der Waals surface area contributed by atoms with E-state index in [9.17, 15) is 0 Å². The van der Waals surface area contributed by atoms with Crippen LogP contribution in [0.3, 0.4) is 0 Å². The Bertz CT molecular complexity index is 955. The second-order valence-electron chi connectivity index (χ2n) is 4.52. The van der Waals surface area contributed by atoms with Crippen LogP contribution in [0.1, 0.15) is 10.8 Å². The number of nitrogens with zero attached hydrogens (tertiary/aromatic N) is 4. The Labute approximate surface area is 134 Å². The topological polar surface area (TPSA) is 56.2 Å². The third kappa shape index (κ3) is 2.43. The molecule has 0 unspecified atom stereocenters. The van der Waals surface area contributed by atoms with Crippen LogP contribution < -0.4 is 0 Å². The van der Waals surface area contributed by atoms with Gasteiger partial charge in [-0.1, -0.05) is 35.1 Å². The zero-order chi connectivity index (χ0) is 14.9. The van der Waals surface area contributed by atoms with Crippen molar-refractivity contribution in [1.82, 2.24) is 19.8 Å². The number of benzene rings is 1. The van der Waals surface area contributed by atoms with Gasteiger partial charge >= 0.3 is 0 Å². The second kappa shape index (κ2) is 5.40. The van der Waals surface area contributed by atoms with Crippen molar-refractivity contribution in [3.8, 4) is 11.4 Å². The van der Waals surface area contributed by atoms with Crippen LogP contribution in [0.5, 0.6) is 0 Å². The van der Waals surface area contributed by atoms with Crippen molar-refractivity contribution in [2.24, 2.45) is 0 Å². The van der Waals surface area contributed by atoms with E-state index in [1.165, 1.54) is 11.3 Å². The average Bonchev–Trinajstić information content (AvgIpc) is 3.22. The summed E-state index contributed by atoms with van der Waals surface area (Å²) in [5.41, 5.74) is 0.881. The summed E-state index contributed by atoms with van der Waals surface area (Å²) in [7, 11) is 0. The molecule has 108 valence electrons. The lowest BCUT2D eigenvalue weighted by molar-refractivity contribution is 0.557. The van der Waals surface area contributed by atoms with E-state index < -0.39 is 0 Å². The lowest BCUT2D eigenvalue weighted by atomic mass is 10.2. The monoisotopic (exact) mass is 328 g/mol. The first-order valence-corrected chi connectivity index (χ1v) is 7.69. The Morgan fingerprint density at radius 3 is 2.91 bits per heavy atom. The van der Waals surface area contributed by atoms with Crippen LogP contribution in [0.2, 0.25) is 5.02 Å². The third-order valence-electron chi connectivity index (χ3n) is 3.02. The zero-order valence-electron chi connectivity index (χ0n) is 11.2. The molecule has 7 heteroatoms. The van der Waals surface area contributed by atoms with Crippen LogP contribution in [0, 0.1) is 0 Å². The molecular formula is C15H9ClN4OS. The van der Waals surface area contributed by atoms with E-state index in [1.54, 1.807) is 10.8 Å². The van der Waals surface area contributed by atoms with Crippen LogP contribution in [0.4, 0.5) is 0 Å². The molecule has 0 amide bonds. The van der Waals surface area contributed by atoms with Gasteiger partial charge in [-0.2, -0.15) is 9.61 Å². The number of furan rings is 1. The highest BCUT2D eigenvalue weighted by molar-refractivity contribution is 7.17. The maximum atomic E-state index is 6.03. The Balaban J connectivity index is 1.73. The lowest BCUT2D eigenvalue weighted by Crippen LogP contribution is -1.90. The Morgan fingerprint density at radius 2 is 2.09 bits per heavy atom. The molecule has 0 saturated carbocycles. The number of hydrogen-bond donors (Lipinski definition) is 0. The summed E-state index contributed by atoms with van der Waals surface area (Å²) in [6.07, 6.45) is 5.39. The van der Waals surface area contributed by atoms with Gasteiger partial charge in [0.25, 0.3) is 0 Å². The van der Waals surface area contributed by atoms with Gasteiger partial charge < -0.3 is 4.42 Å². The fourth-order valence-electron chi connectivity index (χ4n) is 2.05. The molecule has 22 heavy (non-hydrogen) atoms. The van der Waals surface area contributed by atoms with Crippen molar-refractivity contribution in [2.75, 3.05) is 0 Å². The molecule has 1 aromatic carbocycles. The molecule has 0 fully saturated rings. The predicted molar refractivity (Wildman–Crippen MR) is 86.7 cm³/mol. The van der Waals surface area contributed by atoms with Crippen molar-refractivity contribution in [1.29, 1.82) is 0 Å². The van der Waals surface area contributed by atoms with Gasteiger partial charge in [-0.3, -0.25) is 0 Å². The van der Waals surface area contributed by atoms with Crippen molar-refractivity contribution in [3.05, 3.63) is 58.5 Å². The highest BCUT2D eigenvalue weighted by atomic mass is 35.5. The summed E-state index contributed by atoms with van der Waals surface area (Å²) < 4.78 is 6.98. The van der Waals surface area contributed by atoms with Gasteiger partial charge in [-0.05, 0) is 36.4 Å². The van der Waals surface area contributed by atoms with E-state index in [2.05, 4.69) is 15.3 Å². The summed E-state index contributed by atoms with van der Waals surface area (Å²) in [4.78, 5) is 0.731. The first kappa shape index (κ1) is 13.2. The van der Waals surface area contributed by atoms with Gasteiger partial charge in [-0.25, -0.2) is 0 Å². The first-order chi connectivity index (χ1) is 10.8. The molecule has 0 aliphatic carbocycles. The van der Waals surface area contributed by atoms with E-state index in [-0.39, 0.29) is 0 Å². The molecule has 0 atom stereocenters. The van der Waals surface area contributed by atoms with Crippen molar-refractivity contribution in [2.45, 2.75) is 0 Å². The van der Waals surface area contributed by atoms with Gasteiger partial charge in [0.1, 0.15) is 10.8 Å². The molecule has 0 bridgehead atoms. The predicted octanol–water partition coefficient (Wildman–Crippen LogP) is 4.27. The molecule has 0 aliphatic heterocycles. The maximum Gasteiger partial charge on any atom is 0.235 e. The molecule has 0 spiro atoms. The minimum absolute atomic E-state index is 0.655. The number of halogens is 1. The van der Waals surface area contributed by atoms with Crippen molar-refractivity contribution in [3.63, 3.8) is 0 Å². The van der Waals surface area contributed by atoms with Crippen molar-refractivity contribution < 1.29 is 4.42 Å². The standard InChI is InChI=1S/C15H9ClN4OS/c16-11-4-1-3-10(9-11)14-17-18-15-20(14)19-13(22-15)7-6-12-5-2-8-21-12/h1-9H. The minimum atomic E-state index is 0.655. The maximum absolute atomic E-state index is 6.03. The van der Waals surface area contributed by atoms with E-state index in [0.717, 1.165) is 21.3 Å². The Morgan fingerprint density at radius 1 is 1.14 bits per heavy atom. The molecule has 4 rings (SSSR count). The third-order valence-corrected chi connectivity index (χ3v) is 4.12. The van der Waals surface area contributed by atoms with Gasteiger partial charge in [0.15, 0.2) is 5.82 Å². The number of fused-ring (bicyclic) bond motifs is 1. The summed E-state index contributed by atoms with van der Waals surface area (Å²) in [5.74, 6) is 1.45. The fourth-order valence-corrected chi connectivity index (χ4v) is 2.98. The normalized spacial score (nSPS) is 11.7. The Kier molecular flexibility index (Phi) is 3.25. The lowest BCUT2D eigenvalue weighted by Gasteiger charge is -1.96. The van der Waals surface area contributed by atoms with Gasteiger partial charge in [0, 0.05) is 10.6 Å². The van der Waals surface area contributed by atoms with Crippen LogP contribution in [-0.2, 0) is 0 Å². The molecule has 0 radical (unpaired) electrons. The summed E-state index contributed by atoms with van der Waals surface area (Å²) in [6.45, 7) is 0. The molecule has 3 aromatic heterocycles. The molecular weight excluding hydrogens is 320 g/mol. The van der Waals surface area contributed by atoms with E-state index in [0.29, 0.717) is 10.8 Å². The second-order valence-corrected chi connectivity index (χ2v) is 5.94. The van der Waals surface area contributed by atoms with Crippen LogP contribution in [0.25, 0.3) is 28.5 Å². The average molecular weight is 329 g/mol. The van der Waals surface area contributed by atoms with E-state index >= 15 is 0 Å². The van der Waals surface area contributed by atoms with Crippen LogP contribution in [0.15, 0.2) is 47.1 Å². The van der Waals surface area contributed by atoms with E-state index in [1.807, 2.05) is 48.6 Å². The number of aromatic nitrogens is 4. The SMILES string of the molecule is Clc1cccc(-c2nnc3sc(C=Cc4ccco4)nn23)c1. The molecule has 4 aromatic rings. The molecule has 3 heterocycles. The van der Waals surface area contributed by atoms with Crippen LogP contribution >= 0.6 is 22.9 Å². The zero-order valence-corrected chi connectivity index (χ0v) is 12.8. The van der Waals surface area contributed by atoms with Crippen LogP contribution in [-0.4, -0.2) is 19.8 Å². The highest BCUT2D eigenvalue weighted by Crippen LogP contribution is 2.24. The molecule has 0 saturated heterocycles. The molecule has 0 N–H and O–H groups in total. The largest absolute Gasteiger partial charge is 0.465 e. The molecule has 5 nitrogen and oxygen atoms in total. The summed E-state index contributed by atoms with van der Waals surface area (Å²) in [6, 6.07) is 11.2. The summed E-state index contributed by atoms with van der Waals surface area (Å²) in [5, 5.41) is 14.3.